The Morgan fingerprint density at radius 2 is 2.06 bits per heavy atom. The summed E-state index contributed by atoms with van der Waals surface area (Å²) in [4.78, 5) is 0. The number of hydrogen-bond donors (Lipinski definition) is 0. The van der Waals surface area contributed by atoms with Gasteiger partial charge in [-0.05, 0) is 65.3 Å². The van der Waals surface area contributed by atoms with Gasteiger partial charge >= 0.3 is 0 Å². The quantitative estimate of drug-likeness (QED) is 0.624. The SMILES string of the molecule is ClCC(CCc1ccsc1)Cc1cccc(Cl)c1. The molecule has 0 aliphatic rings. The Morgan fingerprint density at radius 3 is 2.72 bits per heavy atom. The van der Waals surface area contributed by atoms with Gasteiger partial charge in [-0.15, -0.1) is 11.6 Å². The molecule has 0 radical (unpaired) electrons. The highest BCUT2D eigenvalue weighted by Gasteiger charge is 2.09. The van der Waals surface area contributed by atoms with E-state index in [9.17, 15) is 0 Å². The summed E-state index contributed by atoms with van der Waals surface area (Å²) in [6.07, 6.45) is 3.25. The second kappa shape index (κ2) is 7.18. The summed E-state index contributed by atoms with van der Waals surface area (Å²) < 4.78 is 0. The monoisotopic (exact) mass is 298 g/mol. The number of benzene rings is 1. The summed E-state index contributed by atoms with van der Waals surface area (Å²) >= 11 is 13.8. The molecule has 0 saturated heterocycles. The van der Waals surface area contributed by atoms with Gasteiger partial charge < -0.3 is 0 Å². The molecule has 1 aromatic carbocycles. The second-order valence-electron chi connectivity index (χ2n) is 4.52. The Balaban J connectivity index is 1.89. The van der Waals surface area contributed by atoms with Crippen molar-refractivity contribution < 1.29 is 0 Å². The lowest BCUT2D eigenvalue weighted by molar-refractivity contribution is 0.537. The maximum atomic E-state index is 6.07. The summed E-state index contributed by atoms with van der Waals surface area (Å²) in [5.74, 6) is 1.22. The molecule has 3 heteroatoms. The highest BCUT2D eigenvalue weighted by Crippen LogP contribution is 2.20. The molecule has 0 fully saturated rings. The molecule has 2 rings (SSSR count). The summed E-state index contributed by atoms with van der Waals surface area (Å²) in [6.45, 7) is 0. The zero-order chi connectivity index (χ0) is 12.8. The van der Waals surface area contributed by atoms with Crippen LogP contribution in [0.1, 0.15) is 17.5 Å². The lowest BCUT2D eigenvalue weighted by Gasteiger charge is -2.13. The Labute approximate surface area is 123 Å². The molecule has 1 heterocycles. The van der Waals surface area contributed by atoms with Crippen molar-refractivity contribution in [1.82, 2.24) is 0 Å². The van der Waals surface area contributed by atoms with E-state index in [0.717, 1.165) is 24.3 Å². The molecule has 1 unspecified atom stereocenters. The first-order chi connectivity index (χ1) is 8.78. The largest absolute Gasteiger partial charge is 0.152 e. The van der Waals surface area contributed by atoms with Gasteiger partial charge in [0, 0.05) is 10.9 Å². The van der Waals surface area contributed by atoms with Gasteiger partial charge in [0.15, 0.2) is 0 Å². The van der Waals surface area contributed by atoms with E-state index in [-0.39, 0.29) is 0 Å². The van der Waals surface area contributed by atoms with Crippen molar-refractivity contribution in [1.29, 1.82) is 0 Å². The van der Waals surface area contributed by atoms with Crippen LogP contribution in [-0.4, -0.2) is 5.88 Å². The molecule has 1 atom stereocenters. The minimum atomic E-state index is 0.519. The Bertz CT molecular complexity index is 465. The molecule has 0 saturated carbocycles. The first kappa shape index (κ1) is 13.9. The number of rotatable bonds is 6. The van der Waals surface area contributed by atoms with E-state index in [1.165, 1.54) is 11.1 Å². The number of thiophene rings is 1. The van der Waals surface area contributed by atoms with E-state index in [4.69, 9.17) is 23.2 Å². The maximum absolute atomic E-state index is 6.07. The number of halogens is 2. The van der Waals surface area contributed by atoms with Crippen molar-refractivity contribution in [2.75, 3.05) is 5.88 Å². The zero-order valence-electron chi connectivity index (χ0n) is 10.1. The van der Waals surface area contributed by atoms with E-state index in [2.05, 4.69) is 22.9 Å². The predicted molar refractivity (Wildman–Crippen MR) is 82.0 cm³/mol. The van der Waals surface area contributed by atoms with E-state index in [1.807, 2.05) is 18.2 Å². The minimum Gasteiger partial charge on any atom is -0.152 e. The van der Waals surface area contributed by atoms with Crippen molar-refractivity contribution in [3.8, 4) is 0 Å². The number of aryl methyl sites for hydroxylation is 1. The van der Waals surface area contributed by atoms with Crippen LogP contribution in [-0.2, 0) is 12.8 Å². The van der Waals surface area contributed by atoms with Crippen LogP contribution in [0.2, 0.25) is 5.02 Å². The van der Waals surface area contributed by atoms with Crippen molar-refractivity contribution in [2.45, 2.75) is 19.3 Å². The summed E-state index contributed by atoms with van der Waals surface area (Å²) in [5, 5.41) is 5.14. The minimum absolute atomic E-state index is 0.519. The van der Waals surface area contributed by atoms with Crippen molar-refractivity contribution in [2.24, 2.45) is 5.92 Å². The molecule has 0 aliphatic heterocycles. The third-order valence-electron chi connectivity index (χ3n) is 3.05. The molecule has 0 spiro atoms. The fourth-order valence-electron chi connectivity index (χ4n) is 2.04. The average Bonchev–Trinajstić information content (AvgIpc) is 2.87. The molecule has 2 aromatic rings. The van der Waals surface area contributed by atoms with Crippen molar-refractivity contribution >= 4 is 34.5 Å². The first-order valence-electron chi connectivity index (χ1n) is 6.09. The lowest BCUT2D eigenvalue weighted by atomic mass is 9.95. The number of alkyl halides is 1. The molecule has 0 N–H and O–H groups in total. The fourth-order valence-corrected chi connectivity index (χ4v) is 3.22. The normalized spacial score (nSPS) is 12.6. The van der Waals surface area contributed by atoms with Crippen molar-refractivity contribution in [3.05, 3.63) is 57.2 Å². The lowest BCUT2D eigenvalue weighted by Crippen LogP contribution is -2.07. The van der Waals surface area contributed by atoms with E-state index < -0.39 is 0 Å². The summed E-state index contributed by atoms with van der Waals surface area (Å²) in [7, 11) is 0. The van der Waals surface area contributed by atoms with Gasteiger partial charge in [-0.3, -0.25) is 0 Å². The first-order valence-corrected chi connectivity index (χ1v) is 7.95. The Kier molecular flexibility index (Phi) is 5.55. The molecule has 0 amide bonds. The van der Waals surface area contributed by atoms with Gasteiger partial charge in [-0.25, -0.2) is 0 Å². The predicted octanol–water partition coefficient (Wildman–Crippen LogP) is 5.43. The summed E-state index contributed by atoms with van der Waals surface area (Å²) in [5.41, 5.74) is 2.69. The molecular weight excluding hydrogens is 283 g/mol. The van der Waals surface area contributed by atoms with Gasteiger partial charge in [0.2, 0.25) is 0 Å². The smallest absolute Gasteiger partial charge is 0.0408 e. The third-order valence-corrected chi connectivity index (χ3v) is 4.46. The van der Waals surface area contributed by atoms with Crippen molar-refractivity contribution in [3.63, 3.8) is 0 Å². The van der Waals surface area contributed by atoms with Crippen LogP contribution in [0, 0.1) is 5.92 Å². The topological polar surface area (TPSA) is 0 Å². The Hall–Kier alpha value is -0.500. The maximum Gasteiger partial charge on any atom is 0.0408 e. The zero-order valence-corrected chi connectivity index (χ0v) is 12.4. The molecule has 0 aliphatic carbocycles. The standard InChI is InChI=1S/C15H16Cl2S/c16-10-14(5-4-12-6-7-18-11-12)8-13-2-1-3-15(17)9-13/h1-3,6-7,9,11,14H,4-5,8,10H2. The van der Waals surface area contributed by atoms with Crippen LogP contribution in [0.3, 0.4) is 0 Å². The van der Waals surface area contributed by atoms with Crippen LogP contribution in [0.15, 0.2) is 41.1 Å². The molecule has 0 nitrogen and oxygen atoms in total. The molecule has 0 bridgehead atoms. The third kappa shape index (κ3) is 4.31. The van der Waals surface area contributed by atoms with Crippen LogP contribution >= 0.6 is 34.5 Å². The van der Waals surface area contributed by atoms with Crippen LogP contribution in [0.4, 0.5) is 0 Å². The van der Waals surface area contributed by atoms with Crippen LogP contribution < -0.4 is 0 Å². The van der Waals surface area contributed by atoms with E-state index >= 15 is 0 Å². The number of hydrogen-bond acceptors (Lipinski definition) is 1. The van der Waals surface area contributed by atoms with Gasteiger partial charge in [-0.2, -0.15) is 11.3 Å². The molecule has 1 aromatic heterocycles. The van der Waals surface area contributed by atoms with Crippen LogP contribution in [0.5, 0.6) is 0 Å². The van der Waals surface area contributed by atoms with Crippen LogP contribution in [0.25, 0.3) is 0 Å². The molecular formula is C15H16Cl2S. The summed E-state index contributed by atoms with van der Waals surface area (Å²) in [6, 6.07) is 10.3. The van der Waals surface area contributed by atoms with E-state index in [0.29, 0.717) is 11.8 Å². The van der Waals surface area contributed by atoms with Gasteiger partial charge in [0.1, 0.15) is 0 Å². The Morgan fingerprint density at radius 1 is 1.17 bits per heavy atom. The molecule has 96 valence electrons. The fraction of sp³-hybridized carbons (Fsp3) is 0.333. The highest BCUT2D eigenvalue weighted by atomic mass is 35.5. The van der Waals surface area contributed by atoms with Gasteiger partial charge in [0.05, 0.1) is 0 Å². The average molecular weight is 299 g/mol. The molecule has 18 heavy (non-hydrogen) atoms. The van der Waals surface area contributed by atoms with E-state index in [1.54, 1.807) is 11.3 Å². The van der Waals surface area contributed by atoms with Gasteiger partial charge in [0.25, 0.3) is 0 Å². The second-order valence-corrected chi connectivity index (χ2v) is 6.05. The highest BCUT2D eigenvalue weighted by molar-refractivity contribution is 7.07. The van der Waals surface area contributed by atoms with Gasteiger partial charge in [-0.1, -0.05) is 23.7 Å².